The summed E-state index contributed by atoms with van der Waals surface area (Å²) >= 11 is 0. The highest BCUT2D eigenvalue weighted by molar-refractivity contribution is 7.92. The van der Waals surface area contributed by atoms with Crippen molar-refractivity contribution in [2.24, 2.45) is 10.9 Å². The van der Waals surface area contributed by atoms with E-state index in [1.165, 1.54) is 50.5 Å². The van der Waals surface area contributed by atoms with Crippen LogP contribution in [0.4, 0.5) is 11.6 Å². The fourth-order valence-corrected chi connectivity index (χ4v) is 3.21. The molecule has 1 N–H and O–H groups in total. The fraction of sp³-hybridized carbons (Fsp3) is 0.235. The van der Waals surface area contributed by atoms with E-state index in [4.69, 9.17) is 9.47 Å². The Morgan fingerprint density at radius 2 is 1.64 bits per heavy atom. The summed E-state index contributed by atoms with van der Waals surface area (Å²) in [5.74, 6) is -4.19. The Bertz CT molecular complexity index is 999. The van der Waals surface area contributed by atoms with Crippen molar-refractivity contribution in [3.8, 4) is 0 Å². The Morgan fingerprint density at radius 1 is 1.07 bits per heavy atom. The van der Waals surface area contributed by atoms with E-state index in [9.17, 15) is 18.0 Å². The van der Waals surface area contributed by atoms with E-state index in [1.54, 1.807) is 6.07 Å². The Balaban J connectivity index is 1.72. The minimum absolute atomic E-state index is 0.0304. The molecular weight excluding hydrogens is 388 g/mol. The van der Waals surface area contributed by atoms with E-state index in [2.05, 4.69) is 19.7 Å². The number of anilines is 1. The summed E-state index contributed by atoms with van der Waals surface area (Å²) in [6.45, 7) is 2.90. The van der Waals surface area contributed by atoms with E-state index in [1.807, 2.05) is 0 Å². The van der Waals surface area contributed by atoms with E-state index in [0.717, 1.165) is 6.21 Å². The van der Waals surface area contributed by atoms with E-state index < -0.39 is 33.7 Å². The van der Waals surface area contributed by atoms with Crippen LogP contribution in [0.5, 0.6) is 0 Å². The van der Waals surface area contributed by atoms with Gasteiger partial charge in [0, 0.05) is 32.5 Å². The molecule has 0 bridgehead atoms. The second-order valence-electron chi connectivity index (χ2n) is 6.17. The monoisotopic (exact) mass is 404 g/mol. The van der Waals surface area contributed by atoms with Crippen molar-refractivity contribution in [2.45, 2.75) is 24.5 Å². The van der Waals surface area contributed by atoms with Crippen LogP contribution in [0, 0.1) is 5.92 Å². The maximum absolute atomic E-state index is 12.3. The van der Waals surface area contributed by atoms with Crippen molar-refractivity contribution in [1.29, 1.82) is 0 Å². The van der Waals surface area contributed by atoms with Crippen molar-refractivity contribution in [1.82, 2.24) is 9.97 Å². The molecule has 28 heavy (non-hydrogen) atoms. The number of cyclic esters (lactones) is 2. The molecule has 10 nitrogen and oxygen atoms in total. The lowest BCUT2D eigenvalue weighted by Gasteiger charge is -2.31. The second kappa shape index (κ2) is 7.35. The van der Waals surface area contributed by atoms with Crippen LogP contribution >= 0.6 is 0 Å². The van der Waals surface area contributed by atoms with Gasteiger partial charge in [0.2, 0.25) is 5.95 Å². The Labute approximate surface area is 160 Å². The minimum atomic E-state index is -3.87. The van der Waals surface area contributed by atoms with Crippen molar-refractivity contribution in [3.63, 3.8) is 0 Å². The first-order chi connectivity index (χ1) is 13.2. The van der Waals surface area contributed by atoms with E-state index in [-0.39, 0.29) is 10.8 Å². The van der Waals surface area contributed by atoms with Gasteiger partial charge in [-0.25, -0.2) is 23.1 Å². The molecule has 1 aliphatic heterocycles. The number of benzene rings is 1. The van der Waals surface area contributed by atoms with E-state index in [0.29, 0.717) is 5.69 Å². The standard InChI is InChI=1S/C17H16N4O6S/c1-17(2)26-14(22)13(15(23)27-17)10-20-11-4-6-12(7-5-11)28(24,25)21-16-18-8-3-9-19-16/h3-10,13H,1-2H3,(H,18,19,21). The number of hydrogen-bond donors (Lipinski definition) is 1. The molecule has 1 saturated heterocycles. The smallest absolute Gasteiger partial charge is 0.329 e. The molecule has 1 fully saturated rings. The molecule has 0 atom stereocenters. The van der Waals surface area contributed by atoms with Crippen LogP contribution in [0.2, 0.25) is 0 Å². The highest BCUT2D eigenvalue weighted by Crippen LogP contribution is 2.23. The number of carbonyl (C=O) groups is 2. The zero-order valence-corrected chi connectivity index (χ0v) is 15.7. The van der Waals surface area contributed by atoms with Crippen LogP contribution in [0.15, 0.2) is 52.6 Å². The summed E-state index contributed by atoms with van der Waals surface area (Å²) < 4.78 is 36.9. The van der Waals surface area contributed by atoms with Gasteiger partial charge in [0.15, 0.2) is 5.92 Å². The topological polar surface area (TPSA) is 137 Å². The average molecular weight is 404 g/mol. The van der Waals surface area contributed by atoms with Crippen LogP contribution in [-0.4, -0.2) is 42.3 Å². The minimum Gasteiger partial charge on any atom is -0.422 e. The van der Waals surface area contributed by atoms with Crippen LogP contribution in [-0.2, 0) is 29.1 Å². The van der Waals surface area contributed by atoms with Gasteiger partial charge >= 0.3 is 11.9 Å². The van der Waals surface area contributed by atoms with Crippen LogP contribution in [0.1, 0.15) is 13.8 Å². The Kier molecular flexibility index (Phi) is 5.10. The number of aliphatic imine (C=N–C) groups is 1. The van der Waals surface area contributed by atoms with Gasteiger partial charge in [0.05, 0.1) is 10.6 Å². The zero-order valence-electron chi connectivity index (χ0n) is 14.9. The molecule has 0 radical (unpaired) electrons. The van der Waals surface area contributed by atoms with Crippen LogP contribution < -0.4 is 4.72 Å². The first-order valence-corrected chi connectivity index (χ1v) is 9.54. The summed E-state index contributed by atoms with van der Waals surface area (Å²) in [6.07, 6.45) is 3.91. The fourth-order valence-electron chi connectivity index (χ4n) is 2.25. The third-order valence-corrected chi connectivity index (χ3v) is 4.86. The normalized spacial score (nSPS) is 17.2. The summed E-state index contributed by atoms with van der Waals surface area (Å²) in [5, 5.41) is 0. The van der Waals surface area contributed by atoms with Crippen molar-refractivity contribution < 1.29 is 27.5 Å². The summed E-state index contributed by atoms with van der Waals surface area (Å²) in [5.41, 5.74) is 0.334. The molecule has 146 valence electrons. The van der Waals surface area contributed by atoms with Gasteiger partial charge in [0.25, 0.3) is 15.8 Å². The molecule has 0 amide bonds. The van der Waals surface area contributed by atoms with Gasteiger partial charge in [-0.3, -0.25) is 14.6 Å². The third kappa shape index (κ3) is 4.49. The van der Waals surface area contributed by atoms with Crippen LogP contribution in [0.3, 0.4) is 0 Å². The molecule has 1 aliphatic rings. The summed E-state index contributed by atoms with van der Waals surface area (Å²) in [4.78, 5) is 35.4. The lowest BCUT2D eigenvalue weighted by Crippen LogP contribution is -2.46. The third-order valence-electron chi connectivity index (χ3n) is 3.51. The molecule has 0 unspecified atom stereocenters. The first-order valence-electron chi connectivity index (χ1n) is 8.06. The second-order valence-corrected chi connectivity index (χ2v) is 7.85. The lowest BCUT2D eigenvalue weighted by molar-refractivity contribution is -0.235. The van der Waals surface area contributed by atoms with E-state index >= 15 is 0 Å². The van der Waals surface area contributed by atoms with Gasteiger partial charge in [-0.05, 0) is 30.3 Å². The predicted octanol–water partition coefficient (Wildman–Crippen LogP) is 1.43. The van der Waals surface area contributed by atoms with Crippen molar-refractivity contribution in [2.75, 3.05) is 4.72 Å². The van der Waals surface area contributed by atoms with Crippen molar-refractivity contribution >= 4 is 39.8 Å². The number of aromatic nitrogens is 2. The predicted molar refractivity (Wildman–Crippen MR) is 97.2 cm³/mol. The summed E-state index contributed by atoms with van der Waals surface area (Å²) in [7, 11) is -3.87. The number of sulfonamides is 1. The highest BCUT2D eigenvalue weighted by atomic mass is 32.2. The molecule has 1 aromatic heterocycles. The zero-order chi connectivity index (χ0) is 20.4. The van der Waals surface area contributed by atoms with Gasteiger partial charge < -0.3 is 9.47 Å². The maximum atomic E-state index is 12.3. The Morgan fingerprint density at radius 3 is 2.21 bits per heavy atom. The molecule has 0 spiro atoms. The molecule has 2 aromatic rings. The number of ether oxygens (including phenoxy) is 2. The van der Waals surface area contributed by atoms with Crippen LogP contribution in [0.25, 0.3) is 0 Å². The summed E-state index contributed by atoms with van der Waals surface area (Å²) in [6, 6.07) is 7.03. The molecule has 3 rings (SSSR count). The maximum Gasteiger partial charge on any atom is 0.329 e. The largest absolute Gasteiger partial charge is 0.422 e. The molecular formula is C17H16N4O6S. The lowest BCUT2D eigenvalue weighted by atomic mass is 10.1. The molecule has 0 aliphatic carbocycles. The molecule has 0 saturated carbocycles. The first kappa shape index (κ1) is 19.4. The average Bonchev–Trinajstić information content (AvgIpc) is 2.61. The van der Waals surface area contributed by atoms with Crippen molar-refractivity contribution in [3.05, 3.63) is 42.7 Å². The molecule has 11 heteroatoms. The molecule has 1 aromatic carbocycles. The number of hydrogen-bond acceptors (Lipinski definition) is 9. The van der Waals surface area contributed by atoms with Gasteiger partial charge in [-0.15, -0.1) is 0 Å². The number of carbonyl (C=O) groups excluding carboxylic acids is 2. The number of nitrogens with zero attached hydrogens (tertiary/aromatic N) is 3. The van der Waals surface area contributed by atoms with Gasteiger partial charge in [-0.1, -0.05) is 0 Å². The number of rotatable bonds is 5. The highest BCUT2D eigenvalue weighted by Gasteiger charge is 2.42. The number of nitrogens with one attached hydrogen (secondary N) is 1. The quantitative estimate of drug-likeness (QED) is 0.449. The SMILES string of the molecule is CC1(C)OC(=O)C(C=Nc2ccc(S(=O)(=O)Nc3ncccn3)cc2)C(=O)O1. The van der Waals surface area contributed by atoms with Gasteiger partial charge in [-0.2, -0.15) is 0 Å². The number of esters is 2. The van der Waals surface area contributed by atoms with Gasteiger partial charge in [0.1, 0.15) is 0 Å². The Hall–Kier alpha value is -3.34. The molecule has 2 heterocycles.